The van der Waals surface area contributed by atoms with E-state index < -0.39 is 0 Å². The number of rotatable bonds is 2. The number of ether oxygens (including phenoxy) is 1. The van der Waals surface area contributed by atoms with E-state index in [-0.39, 0.29) is 5.56 Å². The Bertz CT molecular complexity index is 706. The fourth-order valence-electron chi connectivity index (χ4n) is 1.61. The van der Waals surface area contributed by atoms with Crippen molar-refractivity contribution >= 4 is 23.8 Å². The Balaban J connectivity index is 2.74. The Morgan fingerprint density at radius 3 is 2.78 bits per heavy atom. The first-order valence-corrected chi connectivity index (χ1v) is 5.98. The maximum Gasteiger partial charge on any atom is 0.251 e. The van der Waals surface area contributed by atoms with Gasteiger partial charge in [0.05, 0.1) is 12.8 Å². The summed E-state index contributed by atoms with van der Waals surface area (Å²) >= 11 is 11.2. The molecule has 1 aromatic heterocycles. The van der Waals surface area contributed by atoms with Crippen LogP contribution in [0.3, 0.4) is 0 Å². The Labute approximate surface area is 114 Å². The molecule has 0 bridgehead atoms. The second kappa shape index (κ2) is 4.96. The minimum absolute atomic E-state index is 0.235. The summed E-state index contributed by atoms with van der Waals surface area (Å²) in [5.74, 6) is 0.591. The van der Waals surface area contributed by atoms with E-state index in [1.807, 2.05) is 13.0 Å². The molecule has 0 saturated carbocycles. The van der Waals surface area contributed by atoms with Gasteiger partial charge in [0.25, 0.3) is 5.56 Å². The van der Waals surface area contributed by atoms with Gasteiger partial charge in [-0.3, -0.25) is 14.3 Å². The Morgan fingerprint density at radius 2 is 2.17 bits per heavy atom. The Morgan fingerprint density at radius 1 is 1.44 bits per heavy atom. The second-order valence-corrected chi connectivity index (χ2v) is 4.55. The molecule has 94 valence electrons. The summed E-state index contributed by atoms with van der Waals surface area (Å²) in [6.45, 7) is 1.89. The first-order chi connectivity index (χ1) is 8.52. The van der Waals surface area contributed by atoms with Crippen molar-refractivity contribution in [2.75, 3.05) is 7.11 Å². The molecule has 0 spiro atoms. The van der Waals surface area contributed by atoms with Crippen LogP contribution < -0.4 is 10.3 Å². The zero-order chi connectivity index (χ0) is 13.3. The van der Waals surface area contributed by atoms with Crippen molar-refractivity contribution < 1.29 is 4.74 Å². The molecule has 6 heteroatoms. The minimum Gasteiger partial charge on any atom is -0.495 e. The van der Waals surface area contributed by atoms with Crippen molar-refractivity contribution in [1.82, 2.24) is 9.55 Å². The van der Waals surface area contributed by atoms with Gasteiger partial charge in [0.2, 0.25) is 0 Å². The lowest BCUT2D eigenvalue weighted by atomic mass is 10.2. The normalized spacial score (nSPS) is 10.4. The second-order valence-electron chi connectivity index (χ2n) is 3.75. The van der Waals surface area contributed by atoms with E-state index in [9.17, 15) is 4.79 Å². The van der Waals surface area contributed by atoms with Gasteiger partial charge in [0.15, 0.2) is 4.77 Å². The average molecular weight is 283 g/mol. The van der Waals surface area contributed by atoms with Gasteiger partial charge in [-0.2, -0.15) is 0 Å². The Kier molecular flexibility index (Phi) is 3.54. The molecule has 0 radical (unpaired) electrons. The molecule has 1 aromatic carbocycles. The summed E-state index contributed by atoms with van der Waals surface area (Å²) in [6.07, 6.45) is 1.60. The van der Waals surface area contributed by atoms with Gasteiger partial charge in [-0.15, -0.1) is 0 Å². The zero-order valence-electron chi connectivity index (χ0n) is 9.86. The summed E-state index contributed by atoms with van der Waals surface area (Å²) in [5, 5.41) is 0.617. The molecule has 4 nitrogen and oxygen atoms in total. The highest BCUT2D eigenvalue weighted by atomic mass is 35.5. The number of halogens is 1. The van der Waals surface area contributed by atoms with Gasteiger partial charge >= 0.3 is 0 Å². The van der Waals surface area contributed by atoms with E-state index in [0.717, 1.165) is 11.3 Å². The molecule has 0 unspecified atom stereocenters. The topological polar surface area (TPSA) is 47.0 Å². The van der Waals surface area contributed by atoms with Crippen molar-refractivity contribution in [2.45, 2.75) is 6.92 Å². The molecule has 0 fully saturated rings. The number of aryl methyl sites for hydroxylation is 1. The molecule has 1 N–H and O–H groups in total. The van der Waals surface area contributed by atoms with Crippen LogP contribution >= 0.6 is 23.8 Å². The monoisotopic (exact) mass is 282 g/mol. The quantitative estimate of drug-likeness (QED) is 0.862. The lowest BCUT2D eigenvalue weighted by molar-refractivity contribution is 0.412. The molecule has 1 heterocycles. The SMILES string of the molecule is COc1cc(Cl)c(C)cc1-n1ccc(=O)[nH]c1=S. The molecule has 18 heavy (non-hydrogen) atoms. The largest absolute Gasteiger partial charge is 0.495 e. The number of benzene rings is 1. The van der Waals surface area contributed by atoms with E-state index in [2.05, 4.69) is 4.98 Å². The highest BCUT2D eigenvalue weighted by Gasteiger charge is 2.09. The third-order valence-electron chi connectivity index (χ3n) is 2.54. The number of aromatic amines is 1. The van der Waals surface area contributed by atoms with E-state index in [1.54, 1.807) is 23.9 Å². The van der Waals surface area contributed by atoms with Gasteiger partial charge < -0.3 is 4.74 Å². The standard InChI is InChI=1S/C12H11ClN2O2S/c1-7-5-9(10(17-2)6-8(7)13)15-4-3-11(16)14-12(15)18/h3-6H,1-2H3,(H,14,16,18). The van der Waals surface area contributed by atoms with Crippen LogP contribution in [-0.2, 0) is 0 Å². The van der Waals surface area contributed by atoms with E-state index >= 15 is 0 Å². The molecular weight excluding hydrogens is 272 g/mol. The fourth-order valence-corrected chi connectivity index (χ4v) is 2.02. The molecule has 0 saturated heterocycles. The number of aromatic nitrogens is 2. The van der Waals surface area contributed by atoms with Crippen molar-refractivity contribution in [3.05, 3.63) is 50.1 Å². The predicted molar refractivity (Wildman–Crippen MR) is 73.5 cm³/mol. The maximum absolute atomic E-state index is 11.2. The number of H-pyrrole nitrogens is 1. The molecule has 0 aliphatic rings. The number of hydrogen-bond acceptors (Lipinski definition) is 3. The van der Waals surface area contributed by atoms with Crippen molar-refractivity contribution in [3.8, 4) is 11.4 Å². The summed E-state index contributed by atoms with van der Waals surface area (Å²) < 4.78 is 7.25. The minimum atomic E-state index is -0.235. The van der Waals surface area contributed by atoms with Crippen LogP contribution in [-0.4, -0.2) is 16.7 Å². The third-order valence-corrected chi connectivity index (χ3v) is 3.25. The van der Waals surface area contributed by atoms with Crippen LogP contribution in [0.15, 0.2) is 29.2 Å². The average Bonchev–Trinajstić information content (AvgIpc) is 2.32. The van der Waals surface area contributed by atoms with Gasteiger partial charge in [-0.1, -0.05) is 11.6 Å². The van der Waals surface area contributed by atoms with Gasteiger partial charge in [-0.05, 0) is 30.8 Å². The van der Waals surface area contributed by atoms with Gasteiger partial charge in [-0.25, -0.2) is 0 Å². The van der Waals surface area contributed by atoms with Crippen molar-refractivity contribution in [2.24, 2.45) is 0 Å². The summed E-state index contributed by atoms with van der Waals surface area (Å²) in [4.78, 5) is 13.7. The Hall–Kier alpha value is -1.59. The molecule has 0 aliphatic heterocycles. The molecule has 2 rings (SSSR count). The van der Waals surface area contributed by atoms with Crippen LogP contribution in [0.5, 0.6) is 5.75 Å². The van der Waals surface area contributed by atoms with Crippen LogP contribution in [0, 0.1) is 11.7 Å². The fraction of sp³-hybridized carbons (Fsp3) is 0.167. The van der Waals surface area contributed by atoms with Crippen molar-refractivity contribution in [3.63, 3.8) is 0 Å². The van der Waals surface area contributed by atoms with Crippen LogP contribution in [0.2, 0.25) is 5.02 Å². The van der Waals surface area contributed by atoms with E-state index in [1.165, 1.54) is 6.07 Å². The number of hydrogen-bond donors (Lipinski definition) is 1. The summed E-state index contributed by atoms with van der Waals surface area (Å²) in [7, 11) is 1.56. The number of nitrogens with zero attached hydrogens (tertiary/aromatic N) is 1. The molecule has 0 amide bonds. The summed E-state index contributed by atoms with van der Waals surface area (Å²) in [6, 6.07) is 4.98. The lowest BCUT2D eigenvalue weighted by Gasteiger charge is -2.13. The van der Waals surface area contributed by atoms with Crippen LogP contribution in [0.1, 0.15) is 5.56 Å². The van der Waals surface area contributed by atoms with Crippen LogP contribution in [0.25, 0.3) is 5.69 Å². The van der Waals surface area contributed by atoms with Crippen molar-refractivity contribution in [1.29, 1.82) is 0 Å². The van der Waals surface area contributed by atoms with E-state index in [4.69, 9.17) is 28.6 Å². The third kappa shape index (κ3) is 2.32. The zero-order valence-corrected chi connectivity index (χ0v) is 11.4. The first-order valence-electron chi connectivity index (χ1n) is 5.19. The van der Waals surface area contributed by atoms with Gasteiger partial charge in [0.1, 0.15) is 5.75 Å². The van der Waals surface area contributed by atoms with E-state index in [0.29, 0.717) is 15.5 Å². The molecule has 0 atom stereocenters. The maximum atomic E-state index is 11.2. The smallest absolute Gasteiger partial charge is 0.251 e. The number of methoxy groups -OCH3 is 1. The number of nitrogens with one attached hydrogen (secondary N) is 1. The molecular formula is C12H11ClN2O2S. The van der Waals surface area contributed by atoms with Gasteiger partial charge in [0, 0.05) is 23.4 Å². The summed E-state index contributed by atoms with van der Waals surface area (Å²) in [5.41, 5.74) is 1.40. The highest BCUT2D eigenvalue weighted by molar-refractivity contribution is 7.71. The molecule has 0 aliphatic carbocycles. The molecule has 2 aromatic rings. The lowest BCUT2D eigenvalue weighted by Crippen LogP contribution is -2.10. The first kappa shape index (κ1) is 12.9. The predicted octanol–water partition coefficient (Wildman–Crippen LogP) is 2.87. The van der Waals surface area contributed by atoms with Crippen LogP contribution in [0.4, 0.5) is 0 Å². The highest BCUT2D eigenvalue weighted by Crippen LogP contribution is 2.29.